The molecule has 0 nitrogen and oxygen atoms in total. The van der Waals surface area contributed by atoms with E-state index in [4.69, 9.17) is 0 Å². The SMILES string of the molecule is [Cl-].[H-].c1ccc2c(c1)-c1ccccc1[CH]2[Zr+2][CH]1c2ccccc2-c2ccccc21. The van der Waals surface area contributed by atoms with E-state index in [2.05, 4.69) is 97.1 Å². The molecule has 0 N–H and O–H groups in total. The number of hydrogen-bond donors (Lipinski definition) is 0. The second kappa shape index (κ2) is 7.14. The Hall–Kier alpha value is -1.95. The minimum absolute atomic E-state index is 0. The monoisotopic (exact) mass is 456 g/mol. The van der Waals surface area contributed by atoms with Crippen molar-refractivity contribution in [2.75, 3.05) is 0 Å². The van der Waals surface area contributed by atoms with E-state index in [-0.39, 0.29) is 13.8 Å². The average molecular weight is 458 g/mol. The molecule has 0 saturated heterocycles. The zero-order valence-electron chi connectivity index (χ0n) is 16.3. The van der Waals surface area contributed by atoms with Crippen LogP contribution in [0, 0.1) is 0 Å². The Morgan fingerprint density at radius 3 is 0.964 bits per heavy atom. The summed E-state index contributed by atoms with van der Waals surface area (Å²) in [6, 6.07) is 36.3. The summed E-state index contributed by atoms with van der Waals surface area (Å²) in [5.41, 5.74) is 12.1. The van der Waals surface area contributed by atoms with Gasteiger partial charge < -0.3 is 13.8 Å². The molecule has 0 spiro atoms. The molecule has 4 aromatic rings. The zero-order valence-corrected chi connectivity index (χ0v) is 18.5. The summed E-state index contributed by atoms with van der Waals surface area (Å²) < 4.78 is 1.26. The molecule has 2 aliphatic rings. The van der Waals surface area contributed by atoms with Crippen LogP contribution >= 0.6 is 0 Å². The maximum atomic E-state index is 2.37. The van der Waals surface area contributed by atoms with Crippen molar-refractivity contribution in [3.63, 3.8) is 0 Å². The van der Waals surface area contributed by atoms with Gasteiger partial charge in [-0.05, 0) is 0 Å². The van der Waals surface area contributed by atoms with Crippen molar-refractivity contribution in [2.45, 2.75) is 7.25 Å². The van der Waals surface area contributed by atoms with Crippen molar-refractivity contribution in [3.8, 4) is 22.3 Å². The van der Waals surface area contributed by atoms with E-state index in [1.54, 1.807) is 22.3 Å². The molecule has 28 heavy (non-hydrogen) atoms. The van der Waals surface area contributed by atoms with Crippen LogP contribution in [-0.4, -0.2) is 0 Å². The Kier molecular flexibility index (Phi) is 4.62. The average Bonchev–Trinajstić information content (AvgIpc) is 3.23. The van der Waals surface area contributed by atoms with E-state index in [9.17, 15) is 0 Å². The second-order valence-electron chi connectivity index (χ2n) is 7.38. The van der Waals surface area contributed by atoms with Gasteiger partial charge in [-0.3, -0.25) is 0 Å². The van der Waals surface area contributed by atoms with E-state index >= 15 is 0 Å². The normalized spacial score (nSPS) is 13.7. The molecule has 0 unspecified atom stereocenters. The van der Waals surface area contributed by atoms with Crippen LogP contribution in [0.25, 0.3) is 22.3 Å². The van der Waals surface area contributed by atoms with Crippen LogP contribution in [0.3, 0.4) is 0 Å². The summed E-state index contributed by atoms with van der Waals surface area (Å²) in [7, 11) is 0. The predicted octanol–water partition coefficient (Wildman–Crippen LogP) is 3.73. The fourth-order valence-electron chi connectivity index (χ4n) is 4.84. The molecule has 2 aliphatic carbocycles. The third kappa shape index (κ3) is 2.60. The van der Waals surface area contributed by atoms with Gasteiger partial charge >= 0.3 is 172 Å². The molecular weight excluding hydrogens is 439 g/mol. The zero-order chi connectivity index (χ0) is 17.8. The molecule has 0 aromatic heterocycles. The molecule has 2 heteroatoms. The second-order valence-corrected chi connectivity index (χ2v) is 11.0. The molecular formula is C26H19ClZr. The van der Waals surface area contributed by atoms with Crippen molar-refractivity contribution in [1.82, 2.24) is 0 Å². The van der Waals surface area contributed by atoms with Crippen molar-refractivity contribution < 1.29 is 37.1 Å². The Bertz CT molecular complexity index is 1000. The molecule has 0 atom stereocenters. The molecule has 6 rings (SSSR count). The van der Waals surface area contributed by atoms with Gasteiger partial charge in [0.2, 0.25) is 0 Å². The topological polar surface area (TPSA) is 0 Å². The van der Waals surface area contributed by atoms with Gasteiger partial charge in [0, 0.05) is 0 Å². The Morgan fingerprint density at radius 1 is 0.429 bits per heavy atom. The van der Waals surface area contributed by atoms with Gasteiger partial charge in [0.05, 0.1) is 0 Å². The van der Waals surface area contributed by atoms with E-state index in [1.165, 1.54) is 22.3 Å². The Balaban J connectivity index is 0.00000102. The molecule has 0 fully saturated rings. The minimum atomic E-state index is -0.828. The number of hydrogen-bond acceptors (Lipinski definition) is 0. The van der Waals surface area contributed by atoms with Crippen LogP contribution in [0.2, 0.25) is 0 Å². The number of rotatable bonds is 2. The first kappa shape index (κ1) is 18.1. The predicted molar refractivity (Wildman–Crippen MR) is 109 cm³/mol. The Morgan fingerprint density at radius 2 is 0.679 bits per heavy atom. The maximum absolute atomic E-state index is 2.37. The molecule has 4 aromatic carbocycles. The van der Waals surface area contributed by atoms with E-state index in [0.717, 1.165) is 0 Å². The number of benzene rings is 4. The van der Waals surface area contributed by atoms with Crippen molar-refractivity contribution >= 4 is 0 Å². The first-order valence-corrected chi connectivity index (χ1v) is 12.4. The van der Waals surface area contributed by atoms with Crippen LogP contribution in [0.15, 0.2) is 97.1 Å². The summed E-state index contributed by atoms with van der Waals surface area (Å²) >= 11 is -0.828. The van der Waals surface area contributed by atoms with E-state index in [1.807, 2.05) is 0 Å². The molecule has 0 heterocycles. The molecule has 0 aliphatic heterocycles. The third-order valence-corrected chi connectivity index (χ3v) is 10.7. The number of halogens is 1. The summed E-state index contributed by atoms with van der Waals surface area (Å²) in [5, 5.41) is 0. The molecule has 0 bridgehead atoms. The summed E-state index contributed by atoms with van der Waals surface area (Å²) in [4.78, 5) is 0. The quantitative estimate of drug-likeness (QED) is 0.430. The third-order valence-electron chi connectivity index (χ3n) is 6.00. The van der Waals surface area contributed by atoms with Crippen LogP contribution < -0.4 is 12.4 Å². The fourth-order valence-corrected chi connectivity index (χ4v) is 9.90. The van der Waals surface area contributed by atoms with Crippen LogP contribution in [0.1, 0.15) is 30.9 Å². The van der Waals surface area contributed by atoms with Gasteiger partial charge in [-0.15, -0.1) is 0 Å². The van der Waals surface area contributed by atoms with Gasteiger partial charge in [0.25, 0.3) is 0 Å². The van der Waals surface area contributed by atoms with Crippen molar-refractivity contribution in [1.29, 1.82) is 0 Å². The van der Waals surface area contributed by atoms with Gasteiger partial charge in [-0.25, -0.2) is 0 Å². The van der Waals surface area contributed by atoms with E-state index in [0.29, 0.717) is 7.25 Å². The summed E-state index contributed by atoms with van der Waals surface area (Å²) in [6.45, 7) is 0. The van der Waals surface area contributed by atoms with Gasteiger partial charge in [0.15, 0.2) is 0 Å². The standard InChI is InChI=1S/2C13H9.ClH.Zr.H/c2*1-3-7-12-10(5-1)9-11-6-2-4-8-13(11)12;;;/h2*1-9H;1H;;/q;;;+2;-1/p-1. The van der Waals surface area contributed by atoms with Crippen LogP contribution in [-0.2, 0) is 23.2 Å². The van der Waals surface area contributed by atoms with Crippen LogP contribution in [0.5, 0.6) is 0 Å². The van der Waals surface area contributed by atoms with E-state index < -0.39 is 23.2 Å². The van der Waals surface area contributed by atoms with Crippen molar-refractivity contribution in [2.24, 2.45) is 0 Å². The fraction of sp³-hybridized carbons (Fsp3) is 0.0769. The molecule has 0 radical (unpaired) electrons. The summed E-state index contributed by atoms with van der Waals surface area (Å²) in [6.07, 6.45) is 0. The first-order valence-electron chi connectivity index (χ1n) is 9.54. The number of fused-ring (bicyclic) bond motifs is 6. The van der Waals surface area contributed by atoms with Gasteiger partial charge in [-0.2, -0.15) is 0 Å². The first-order chi connectivity index (χ1) is 13.4. The Labute approximate surface area is 185 Å². The van der Waals surface area contributed by atoms with Gasteiger partial charge in [0.1, 0.15) is 0 Å². The molecule has 134 valence electrons. The molecule has 0 amide bonds. The van der Waals surface area contributed by atoms with Crippen molar-refractivity contribution in [3.05, 3.63) is 119 Å². The summed E-state index contributed by atoms with van der Waals surface area (Å²) in [5.74, 6) is 0. The van der Waals surface area contributed by atoms with Crippen LogP contribution in [0.4, 0.5) is 0 Å². The molecule has 0 saturated carbocycles. The van der Waals surface area contributed by atoms with Gasteiger partial charge in [-0.1, -0.05) is 0 Å².